The smallest absolute Gasteiger partial charge is 0.224 e. The lowest BCUT2D eigenvalue weighted by Gasteiger charge is -2.09. The average Bonchev–Trinajstić information content (AvgIpc) is 2.39. The lowest BCUT2D eigenvalue weighted by Crippen LogP contribution is -2.07. The van der Waals surface area contributed by atoms with Crippen molar-refractivity contribution < 1.29 is 4.74 Å². The van der Waals surface area contributed by atoms with Gasteiger partial charge in [-0.15, -0.1) is 0 Å². The first-order chi connectivity index (χ1) is 9.13. The maximum atomic E-state index is 9.04. The first-order valence-electron chi connectivity index (χ1n) is 5.38. The maximum Gasteiger partial charge on any atom is 0.224 e. The Bertz CT molecular complexity index is 632. The number of anilines is 4. The number of nitriles is 1. The van der Waals surface area contributed by atoms with Crippen LogP contribution in [0.4, 0.5) is 23.3 Å². The lowest BCUT2D eigenvalue weighted by atomic mass is 10.2. The molecular formula is C12H12N6O. The van der Waals surface area contributed by atoms with Crippen LogP contribution in [0, 0.1) is 11.3 Å². The molecule has 7 nitrogen and oxygen atoms in total. The summed E-state index contributed by atoms with van der Waals surface area (Å²) in [5.74, 6) is 1.06. The van der Waals surface area contributed by atoms with E-state index >= 15 is 0 Å². The molecular weight excluding hydrogens is 244 g/mol. The van der Waals surface area contributed by atoms with E-state index < -0.39 is 0 Å². The molecule has 1 aromatic carbocycles. The van der Waals surface area contributed by atoms with E-state index in [9.17, 15) is 0 Å². The molecule has 0 unspecified atom stereocenters. The molecule has 0 radical (unpaired) electrons. The first kappa shape index (κ1) is 12.4. The van der Waals surface area contributed by atoms with Crippen molar-refractivity contribution in [2.45, 2.75) is 0 Å². The molecule has 0 fully saturated rings. The van der Waals surface area contributed by atoms with Gasteiger partial charge in [0.2, 0.25) is 5.95 Å². The van der Waals surface area contributed by atoms with Crippen LogP contribution in [0.25, 0.3) is 0 Å². The van der Waals surface area contributed by atoms with E-state index in [1.165, 1.54) is 0 Å². The third-order valence-corrected chi connectivity index (χ3v) is 2.42. The molecule has 96 valence electrons. The monoisotopic (exact) mass is 256 g/mol. The van der Waals surface area contributed by atoms with Crippen LogP contribution in [0.15, 0.2) is 24.3 Å². The molecule has 0 spiro atoms. The molecule has 0 aliphatic carbocycles. The Balaban J connectivity index is 2.34. The third kappa shape index (κ3) is 2.63. The van der Waals surface area contributed by atoms with Gasteiger partial charge in [0.05, 0.1) is 7.11 Å². The van der Waals surface area contributed by atoms with Crippen molar-refractivity contribution in [3.05, 3.63) is 29.8 Å². The number of aromatic nitrogens is 2. The zero-order valence-electron chi connectivity index (χ0n) is 10.2. The summed E-state index contributed by atoms with van der Waals surface area (Å²) in [5, 5.41) is 12.0. The molecule has 19 heavy (non-hydrogen) atoms. The van der Waals surface area contributed by atoms with Crippen LogP contribution in [0.3, 0.4) is 0 Å². The van der Waals surface area contributed by atoms with E-state index in [4.69, 9.17) is 21.5 Å². The Morgan fingerprint density at radius 3 is 2.47 bits per heavy atom. The molecule has 0 amide bonds. The zero-order valence-corrected chi connectivity index (χ0v) is 10.2. The van der Waals surface area contributed by atoms with Crippen molar-refractivity contribution >= 4 is 23.3 Å². The Morgan fingerprint density at radius 1 is 1.21 bits per heavy atom. The van der Waals surface area contributed by atoms with Crippen molar-refractivity contribution in [3.8, 4) is 11.8 Å². The SMILES string of the molecule is COc1ccc(Nc2nc(N)nc(N)c2C#N)cc1. The molecule has 0 bridgehead atoms. The van der Waals surface area contributed by atoms with Gasteiger partial charge in [0.1, 0.15) is 23.2 Å². The third-order valence-electron chi connectivity index (χ3n) is 2.42. The second kappa shape index (κ2) is 5.10. The van der Waals surface area contributed by atoms with Gasteiger partial charge >= 0.3 is 0 Å². The highest BCUT2D eigenvalue weighted by Crippen LogP contribution is 2.23. The molecule has 2 aromatic rings. The first-order valence-corrected chi connectivity index (χ1v) is 5.38. The zero-order chi connectivity index (χ0) is 13.8. The molecule has 1 aromatic heterocycles. The Hall–Kier alpha value is -3.01. The second-order valence-corrected chi connectivity index (χ2v) is 3.66. The highest BCUT2D eigenvalue weighted by molar-refractivity contribution is 5.70. The van der Waals surface area contributed by atoms with Crippen LogP contribution in [-0.2, 0) is 0 Å². The number of hydrogen-bond donors (Lipinski definition) is 3. The fourth-order valence-corrected chi connectivity index (χ4v) is 1.51. The number of methoxy groups -OCH3 is 1. The largest absolute Gasteiger partial charge is 0.497 e. The van der Waals surface area contributed by atoms with Crippen LogP contribution in [0.1, 0.15) is 5.56 Å². The van der Waals surface area contributed by atoms with E-state index in [0.29, 0.717) is 0 Å². The Kier molecular flexibility index (Phi) is 3.34. The fourth-order valence-electron chi connectivity index (χ4n) is 1.51. The molecule has 0 aliphatic heterocycles. The molecule has 0 saturated carbocycles. The van der Waals surface area contributed by atoms with E-state index in [-0.39, 0.29) is 23.1 Å². The van der Waals surface area contributed by atoms with Crippen LogP contribution < -0.4 is 21.5 Å². The number of nitrogen functional groups attached to an aromatic ring is 2. The number of nitrogens with zero attached hydrogens (tertiary/aromatic N) is 3. The molecule has 2 rings (SSSR count). The van der Waals surface area contributed by atoms with Crippen LogP contribution in [0.2, 0.25) is 0 Å². The van der Waals surface area contributed by atoms with Gasteiger partial charge < -0.3 is 21.5 Å². The summed E-state index contributed by atoms with van der Waals surface area (Å²) in [7, 11) is 1.59. The molecule has 0 atom stereocenters. The Labute approximate surface area is 109 Å². The van der Waals surface area contributed by atoms with E-state index in [1.54, 1.807) is 31.4 Å². The van der Waals surface area contributed by atoms with Crippen molar-refractivity contribution in [2.24, 2.45) is 0 Å². The quantitative estimate of drug-likeness (QED) is 0.755. The Morgan fingerprint density at radius 2 is 1.89 bits per heavy atom. The molecule has 0 saturated heterocycles. The van der Waals surface area contributed by atoms with Crippen molar-refractivity contribution in [1.82, 2.24) is 9.97 Å². The number of nitrogens with two attached hydrogens (primary N) is 2. The van der Waals surface area contributed by atoms with Crippen LogP contribution >= 0.6 is 0 Å². The summed E-state index contributed by atoms with van der Waals surface area (Å²) in [6.07, 6.45) is 0. The van der Waals surface area contributed by atoms with E-state index in [0.717, 1.165) is 11.4 Å². The molecule has 1 heterocycles. The topological polar surface area (TPSA) is 123 Å². The lowest BCUT2D eigenvalue weighted by molar-refractivity contribution is 0.415. The maximum absolute atomic E-state index is 9.04. The van der Waals surface area contributed by atoms with Crippen LogP contribution in [0.5, 0.6) is 5.75 Å². The van der Waals surface area contributed by atoms with Crippen molar-refractivity contribution in [1.29, 1.82) is 5.26 Å². The molecule has 0 aliphatic rings. The average molecular weight is 256 g/mol. The minimum Gasteiger partial charge on any atom is -0.497 e. The van der Waals surface area contributed by atoms with Gasteiger partial charge in [-0.2, -0.15) is 15.2 Å². The van der Waals surface area contributed by atoms with Gasteiger partial charge in [0, 0.05) is 5.69 Å². The van der Waals surface area contributed by atoms with Gasteiger partial charge in [-0.25, -0.2) is 0 Å². The highest BCUT2D eigenvalue weighted by atomic mass is 16.5. The van der Waals surface area contributed by atoms with Crippen LogP contribution in [-0.4, -0.2) is 17.1 Å². The number of hydrogen-bond acceptors (Lipinski definition) is 7. The number of ether oxygens (including phenoxy) is 1. The fraction of sp³-hybridized carbons (Fsp3) is 0.0833. The second-order valence-electron chi connectivity index (χ2n) is 3.66. The predicted molar refractivity (Wildman–Crippen MR) is 71.8 cm³/mol. The predicted octanol–water partition coefficient (Wildman–Crippen LogP) is 1.26. The number of nitrogens with one attached hydrogen (secondary N) is 1. The van der Waals surface area contributed by atoms with Gasteiger partial charge in [0.25, 0.3) is 0 Å². The number of benzene rings is 1. The minimum atomic E-state index is 0.00696. The molecule has 5 N–H and O–H groups in total. The summed E-state index contributed by atoms with van der Waals surface area (Å²) in [6, 6.07) is 9.07. The minimum absolute atomic E-state index is 0.00696. The standard InChI is InChI=1S/C12H12N6O/c1-19-8-4-2-7(3-5-8)16-11-9(6-13)10(14)17-12(15)18-11/h2-5H,1H3,(H5,14,15,16,17,18). The van der Waals surface area contributed by atoms with Gasteiger partial charge in [-0.1, -0.05) is 0 Å². The van der Waals surface area contributed by atoms with Crippen molar-refractivity contribution in [2.75, 3.05) is 23.9 Å². The van der Waals surface area contributed by atoms with Crippen molar-refractivity contribution in [3.63, 3.8) is 0 Å². The van der Waals surface area contributed by atoms with E-state index in [2.05, 4.69) is 15.3 Å². The summed E-state index contributed by atoms with van der Waals surface area (Å²) >= 11 is 0. The summed E-state index contributed by atoms with van der Waals surface area (Å²) in [6.45, 7) is 0. The van der Waals surface area contributed by atoms with E-state index in [1.807, 2.05) is 6.07 Å². The summed E-state index contributed by atoms with van der Waals surface area (Å²) in [4.78, 5) is 7.70. The normalized spacial score (nSPS) is 9.68. The van der Waals surface area contributed by atoms with Gasteiger partial charge in [-0.3, -0.25) is 0 Å². The van der Waals surface area contributed by atoms with Gasteiger partial charge in [-0.05, 0) is 24.3 Å². The number of rotatable bonds is 3. The molecule has 7 heteroatoms. The summed E-state index contributed by atoms with van der Waals surface area (Å²) in [5.41, 5.74) is 12.0. The highest BCUT2D eigenvalue weighted by Gasteiger charge is 2.11. The summed E-state index contributed by atoms with van der Waals surface area (Å²) < 4.78 is 5.06. The van der Waals surface area contributed by atoms with Gasteiger partial charge in [0.15, 0.2) is 5.82 Å².